The molecule has 4 nitrogen and oxygen atoms in total. The lowest BCUT2D eigenvalue weighted by molar-refractivity contribution is 0.481. The minimum atomic E-state index is -3.78. The van der Waals surface area contributed by atoms with Crippen molar-refractivity contribution in [1.29, 1.82) is 5.26 Å². The lowest BCUT2D eigenvalue weighted by Gasteiger charge is -2.23. The van der Waals surface area contributed by atoms with Gasteiger partial charge in [0, 0.05) is 11.1 Å². The maximum absolute atomic E-state index is 12.3. The van der Waals surface area contributed by atoms with Crippen LogP contribution in [0.5, 0.6) is 0 Å². The largest absolute Gasteiger partial charge is 0.283 e. The molecule has 1 N–H and O–H groups in total. The molecule has 0 heterocycles. The molecule has 0 aliphatic carbocycles. The fourth-order valence-corrected chi connectivity index (χ4v) is 2.85. The van der Waals surface area contributed by atoms with E-state index >= 15 is 0 Å². The summed E-state index contributed by atoms with van der Waals surface area (Å²) in [4.78, 5) is -0.0135. The highest BCUT2D eigenvalue weighted by atomic mass is 32.2. The molecule has 0 fully saturated rings. The quantitative estimate of drug-likeness (QED) is 0.924. The Labute approximate surface area is 114 Å². The number of nitrogens with one attached hydrogen (secondary N) is 1. The molecule has 0 aliphatic rings. The molecule has 0 radical (unpaired) electrons. The number of aryl methyl sites for hydroxylation is 1. The predicted molar refractivity (Wildman–Crippen MR) is 74.8 cm³/mol. The lowest BCUT2D eigenvalue weighted by atomic mass is 9.94. The van der Waals surface area contributed by atoms with Crippen LogP contribution in [0, 0.1) is 23.7 Å². The monoisotopic (exact) mass is 278 g/mol. The fourth-order valence-electron chi connectivity index (χ4n) is 1.38. The second-order valence-corrected chi connectivity index (χ2v) is 7.04. The van der Waals surface area contributed by atoms with Gasteiger partial charge in [0.1, 0.15) is 11.0 Å². The molecule has 0 atom stereocenters. The van der Waals surface area contributed by atoms with Gasteiger partial charge in [-0.05, 0) is 18.6 Å². The maximum Gasteiger partial charge on any atom is 0.262 e. The van der Waals surface area contributed by atoms with E-state index in [9.17, 15) is 8.42 Å². The van der Waals surface area contributed by atoms with Crippen molar-refractivity contribution < 1.29 is 8.42 Å². The summed E-state index contributed by atoms with van der Waals surface area (Å²) in [7, 11) is -3.78. The van der Waals surface area contributed by atoms with Gasteiger partial charge < -0.3 is 0 Å². The fraction of sp³-hybridized carbons (Fsp3) is 0.357. The van der Waals surface area contributed by atoms with Gasteiger partial charge in [-0.15, -0.1) is 0 Å². The van der Waals surface area contributed by atoms with E-state index in [1.54, 1.807) is 19.1 Å². The van der Waals surface area contributed by atoms with Gasteiger partial charge in [0.15, 0.2) is 0 Å². The van der Waals surface area contributed by atoms with Crippen LogP contribution in [-0.4, -0.2) is 8.42 Å². The number of nitriles is 1. The van der Waals surface area contributed by atoms with Gasteiger partial charge in [-0.3, -0.25) is 4.72 Å². The molecular formula is C14H18N2O2S. The summed E-state index contributed by atoms with van der Waals surface area (Å²) in [6, 6.07) is 6.67. The van der Waals surface area contributed by atoms with E-state index in [0.717, 1.165) is 0 Å². The van der Waals surface area contributed by atoms with Crippen molar-refractivity contribution in [1.82, 2.24) is 4.72 Å². The maximum atomic E-state index is 12.3. The zero-order valence-corrected chi connectivity index (χ0v) is 12.4. The number of hydrogen-bond acceptors (Lipinski definition) is 3. The third kappa shape index (κ3) is 3.36. The smallest absolute Gasteiger partial charge is 0.262 e. The third-order valence-electron chi connectivity index (χ3n) is 2.80. The van der Waals surface area contributed by atoms with Gasteiger partial charge in [-0.2, -0.15) is 5.26 Å². The molecule has 1 aromatic rings. The highest BCUT2D eigenvalue weighted by Gasteiger charge is 2.24. The van der Waals surface area contributed by atoms with E-state index in [1.165, 1.54) is 6.07 Å². The predicted octanol–water partition coefficient (Wildman–Crippen LogP) is 2.70. The van der Waals surface area contributed by atoms with Crippen molar-refractivity contribution in [2.75, 3.05) is 0 Å². The van der Waals surface area contributed by atoms with Crippen molar-refractivity contribution >= 4 is 10.0 Å². The lowest BCUT2D eigenvalue weighted by Crippen LogP contribution is -2.30. The Morgan fingerprint density at radius 3 is 2.42 bits per heavy atom. The van der Waals surface area contributed by atoms with Crippen LogP contribution in [0.15, 0.2) is 35.4 Å². The van der Waals surface area contributed by atoms with E-state index in [4.69, 9.17) is 5.26 Å². The molecule has 0 aromatic heterocycles. The van der Waals surface area contributed by atoms with Crippen molar-refractivity contribution in [3.63, 3.8) is 0 Å². The molecule has 0 saturated heterocycles. The molecule has 0 unspecified atom stereocenters. The molecule has 19 heavy (non-hydrogen) atoms. The van der Waals surface area contributed by atoms with Crippen molar-refractivity contribution in [2.24, 2.45) is 5.41 Å². The minimum Gasteiger partial charge on any atom is -0.283 e. The summed E-state index contributed by atoms with van der Waals surface area (Å²) in [5.41, 5.74) is 0.797. The van der Waals surface area contributed by atoms with Crippen LogP contribution in [-0.2, 0) is 10.0 Å². The molecule has 102 valence electrons. The molecular weight excluding hydrogens is 260 g/mol. The average molecular weight is 278 g/mol. The van der Waals surface area contributed by atoms with Crippen molar-refractivity contribution in [3.8, 4) is 6.07 Å². The van der Waals surface area contributed by atoms with E-state index in [0.29, 0.717) is 11.3 Å². The summed E-state index contributed by atoms with van der Waals surface area (Å²) < 4.78 is 27.0. The Bertz CT molecular complexity index is 647. The minimum absolute atomic E-state index is 0.0135. The molecule has 1 rings (SSSR count). The number of hydrogen-bond donors (Lipinski definition) is 1. The van der Waals surface area contributed by atoms with E-state index in [1.807, 2.05) is 26.8 Å². The Hall–Kier alpha value is -1.80. The molecule has 0 spiro atoms. The number of allylic oxidation sites excluding steroid dienone is 1. The van der Waals surface area contributed by atoms with Crippen LogP contribution >= 0.6 is 0 Å². The SMILES string of the molecule is C=C(NS(=O)(=O)c1cccc(C)c1C#N)C(C)(C)C. The number of nitrogens with zero attached hydrogens (tertiary/aromatic N) is 1. The highest BCUT2D eigenvalue weighted by Crippen LogP contribution is 2.25. The van der Waals surface area contributed by atoms with Gasteiger partial charge in [0.05, 0.1) is 5.56 Å². The molecule has 0 amide bonds. The van der Waals surface area contributed by atoms with Crippen LogP contribution < -0.4 is 4.72 Å². The van der Waals surface area contributed by atoms with Gasteiger partial charge in [-0.1, -0.05) is 39.5 Å². The summed E-state index contributed by atoms with van der Waals surface area (Å²) >= 11 is 0. The van der Waals surface area contributed by atoms with E-state index in [-0.39, 0.29) is 15.9 Å². The standard InChI is InChI=1S/C14H18N2O2S/c1-10-7-6-8-13(12(10)9-15)19(17,18)16-11(2)14(3,4)5/h6-8,16H,2H2,1,3-5H3. The zero-order chi connectivity index (χ0) is 14.8. The van der Waals surface area contributed by atoms with Gasteiger partial charge in [0.2, 0.25) is 0 Å². The number of sulfonamides is 1. The molecule has 5 heteroatoms. The van der Waals surface area contributed by atoms with Crippen LogP contribution in [0.25, 0.3) is 0 Å². The second-order valence-electron chi connectivity index (χ2n) is 5.39. The van der Waals surface area contributed by atoms with Crippen LogP contribution in [0.3, 0.4) is 0 Å². The van der Waals surface area contributed by atoms with Crippen molar-refractivity contribution in [2.45, 2.75) is 32.6 Å². The molecule has 1 aromatic carbocycles. The number of benzene rings is 1. The Balaban J connectivity index is 3.28. The summed E-state index contributed by atoms with van der Waals surface area (Å²) in [5.74, 6) is 0. The number of rotatable bonds is 3. The molecule has 0 aliphatic heterocycles. The normalized spacial score (nSPS) is 11.7. The first-order chi connectivity index (χ1) is 8.59. The summed E-state index contributed by atoms with van der Waals surface area (Å²) in [6.45, 7) is 11.0. The van der Waals surface area contributed by atoms with Crippen LogP contribution in [0.2, 0.25) is 0 Å². The topological polar surface area (TPSA) is 70.0 Å². The second kappa shape index (κ2) is 5.06. The first kappa shape index (κ1) is 15.3. The van der Waals surface area contributed by atoms with Gasteiger partial charge >= 0.3 is 0 Å². The van der Waals surface area contributed by atoms with E-state index in [2.05, 4.69) is 11.3 Å². The molecule has 0 bridgehead atoms. The Morgan fingerprint density at radius 2 is 1.95 bits per heavy atom. The highest BCUT2D eigenvalue weighted by molar-refractivity contribution is 7.89. The Morgan fingerprint density at radius 1 is 1.37 bits per heavy atom. The first-order valence-electron chi connectivity index (χ1n) is 5.81. The van der Waals surface area contributed by atoms with E-state index < -0.39 is 10.0 Å². The summed E-state index contributed by atoms with van der Waals surface area (Å²) in [5, 5.41) is 9.09. The zero-order valence-electron chi connectivity index (χ0n) is 11.6. The average Bonchev–Trinajstić information content (AvgIpc) is 2.26. The van der Waals surface area contributed by atoms with Crippen molar-refractivity contribution in [3.05, 3.63) is 41.6 Å². The van der Waals surface area contributed by atoms with Gasteiger partial charge in [0.25, 0.3) is 10.0 Å². The summed E-state index contributed by atoms with van der Waals surface area (Å²) in [6.07, 6.45) is 0. The van der Waals surface area contributed by atoms with Gasteiger partial charge in [-0.25, -0.2) is 8.42 Å². The molecule has 0 saturated carbocycles. The third-order valence-corrected chi connectivity index (χ3v) is 4.23. The Kier molecular flexibility index (Phi) is 4.06. The first-order valence-corrected chi connectivity index (χ1v) is 7.30. The van der Waals surface area contributed by atoms with Crippen LogP contribution in [0.1, 0.15) is 31.9 Å². The van der Waals surface area contributed by atoms with Crippen LogP contribution in [0.4, 0.5) is 0 Å².